The molecule has 0 aliphatic heterocycles. The highest BCUT2D eigenvalue weighted by Gasteiger charge is 2.15. The maximum absolute atomic E-state index is 9.79. The molecule has 1 aromatic carbocycles. The monoisotopic (exact) mass is 374 g/mol. The topological polar surface area (TPSA) is 62.5 Å². The lowest BCUT2D eigenvalue weighted by Crippen LogP contribution is -2.16. The van der Waals surface area contributed by atoms with Gasteiger partial charge in [-0.1, -0.05) is 38.1 Å². The summed E-state index contributed by atoms with van der Waals surface area (Å²) in [6.07, 6.45) is 5.20. The molecule has 0 aliphatic carbocycles. The van der Waals surface area contributed by atoms with E-state index in [0.717, 1.165) is 15.6 Å². The summed E-state index contributed by atoms with van der Waals surface area (Å²) in [5.74, 6) is 1.17. The minimum atomic E-state index is -0.225. The molecule has 1 unspecified atom stereocenters. The van der Waals surface area contributed by atoms with Crippen molar-refractivity contribution in [1.82, 2.24) is 14.6 Å². The Hall–Kier alpha value is -1.92. The lowest BCUT2D eigenvalue weighted by atomic mass is 9.99. The van der Waals surface area contributed by atoms with E-state index in [9.17, 15) is 5.11 Å². The Balaban J connectivity index is 1.90. The van der Waals surface area contributed by atoms with E-state index in [2.05, 4.69) is 69.4 Å². The Morgan fingerprint density at radius 1 is 1.22 bits per heavy atom. The highest BCUT2D eigenvalue weighted by Crippen LogP contribution is 2.27. The molecule has 2 heterocycles. The van der Waals surface area contributed by atoms with E-state index in [4.69, 9.17) is 0 Å². The van der Waals surface area contributed by atoms with Crippen molar-refractivity contribution >= 4 is 27.3 Å². The average molecular weight is 375 g/mol. The van der Waals surface area contributed by atoms with Crippen LogP contribution >= 0.6 is 15.9 Å². The van der Waals surface area contributed by atoms with Crippen LogP contribution in [-0.4, -0.2) is 26.3 Å². The molecule has 0 radical (unpaired) electrons. The average Bonchev–Trinajstić information content (AvgIpc) is 2.95. The number of benzene rings is 1. The van der Waals surface area contributed by atoms with Gasteiger partial charge in [0.25, 0.3) is 0 Å². The zero-order chi connectivity index (χ0) is 16.4. The molecule has 120 valence electrons. The van der Waals surface area contributed by atoms with Crippen molar-refractivity contribution in [1.29, 1.82) is 0 Å². The van der Waals surface area contributed by atoms with Crippen LogP contribution in [0.5, 0.6) is 0 Å². The van der Waals surface area contributed by atoms with Crippen LogP contribution in [0, 0.1) is 0 Å². The molecule has 2 N–H and O–H groups in total. The predicted molar refractivity (Wildman–Crippen MR) is 94.7 cm³/mol. The van der Waals surface area contributed by atoms with Gasteiger partial charge in [-0.2, -0.15) is 5.10 Å². The van der Waals surface area contributed by atoms with E-state index < -0.39 is 0 Å². The molecular weight excluding hydrogens is 356 g/mol. The fourth-order valence-corrected chi connectivity index (χ4v) is 2.99. The molecule has 5 nitrogen and oxygen atoms in total. The van der Waals surface area contributed by atoms with Gasteiger partial charge in [0.05, 0.1) is 23.3 Å². The molecule has 3 aromatic rings. The molecule has 0 spiro atoms. The molecule has 0 fully saturated rings. The molecule has 2 aromatic heterocycles. The predicted octanol–water partition coefficient (Wildman–Crippen LogP) is 3.76. The molecule has 6 heteroatoms. The second-order valence-corrected chi connectivity index (χ2v) is 6.62. The first-order valence-corrected chi connectivity index (χ1v) is 8.34. The third kappa shape index (κ3) is 3.23. The lowest BCUT2D eigenvalue weighted by molar-refractivity contribution is 0.276. The van der Waals surface area contributed by atoms with E-state index >= 15 is 0 Å². The van der Waals surface area contributed by atoms with E-state index in [1.165, 1.54) is 5.56 Å². The first-order valence-electron chi connectivity index (χ1n) is 7.55. The Kier molecular flexibility index (Phi) is 4.63. The standard InChI is InChI=1S/C17H19BrN4O/c1-11(2)12-3-5-13(6-4-12)15(10-23)21-17-16-14(18)9-20-22(16)8-7-19-17/h3-9,11,15,23H,10H2,1-2H3,(H,19,21). The van der Waals surface area contributed by atoms with Crippen molar-refractivity contribution in [3.8, 4) is 0 Å². The van der Waals surface area contributed by atoms with Gasteiger partial charge < -0.3 is 10.4 Å². The van der Waals surface area contributed by atoms with Crippen LogP contribution in [-0.2, 0) is 0 Å². The summed E-state index contributed by atoms with van der Waals surface area (Å²) in [5, 5.41) is 17.3. The molecule has 0 aliphatic rings. The summed E-state index contributed by atoms with van der Waals surface area (Å²) < 4.78 is 2.61. The number of anilines is 1. The molecule has 3 rings (SSSR count). The number of hydrogen-bond acceptors (Lipinski definition) is 4. The van der Waals surface area contributed by atoms with Gasteiger partial charge in [0, 0.05) is 12.4 Å². The van der Waals surface area contributed by atoms with E-state index in [1.807, 2.05) is 0 Å². The van der Waals surface area contributed by atoms with E-state index in [0.29, 0.717) is 11.7 Å². The first-order chi connectivity index (χ1) is 11.1. The highest BCUT2D eigenvalue weighted by atomic mass is 79.9. The normalized spacial score (nSPS) is 12.7. The van der Waals surface area contributed by atoms with Crippen molar-refractivity contribution in [2.24, 2.45) is 0 Å². The molecule has 1 atom stereocenters. The lowest BCUT2D eigenvalue weighted by Gasteiger charge is -2.19. The molecule has 0 saturated carbocycles. The van der Waals surface area contributed by atoms with Gasteiger partial charge in [0.15, 0.2) is 5.82 Å². The molecular formula is C17H19BrN4O. The summed E-state index contributed by atoms with van der Waals surface area (Å²) in [6.45, 7) is 4.31. The number of fused-ring (bicyclic) bond motifs is 1. The third-order valence-electron chi connectivity index (χ3n) is 3.89. The van der Waals surface area contributed by atoms with Crippen LogP contribution in [0.25, 0.3) is 5.52 Å². The first kappa shape index (κ1) is 16.0. The second kappa shape index (κ2) is 6.68. The Morgan fingerprint density at radius 3 is 2.57 bits per heavy atom. The number of nitrogens with zero attached hydrogens (tertiary/aromatic N) is 3. The van der Waals surface area contributed by atoms with Gasteiger partial charge in [-0.05, 0) is 33.0 Å². The third-order valence-corrected chi connectivity index (χ3v) is 4.47. The number of nitrogens with one attached hydrogen (secondary N) is 1. The Bertz CT molecular complexity index is 798. The smallest absolute Gasteiger partial charge is 0.153 e. The zero-order valence-electron chi connectivity index (χ0n) is 13.1. The van der Waals surface area contributed by atoms with Crippen molar-refractivity contribution in [2.45, 2.75) is 25.8 Å². The highest BCUT2D eigenvalue weighted by molar-refractivity contribution is 9.10. The van der Waals surface area contributed by atoms with Crippen LogP contribution < -0.4 is 5.32 Å². The number of hydrogen-bond donors (Lipinski definition) is 2. The zero-order valence-corrected chi connectivity index (χ0v) is 14.7. The van der Waals surface area contributed by atoms with Gasteiger partial charge in [-0.25, -0.2) is 9.50 Å². The van der Waals surface area contributed by atoms with Crippen LogP contribution in [0.4, 0.5) is 5.82 Å². The summed E-state index contributed by atoms with van der Waals surface area (Å²) in [5.41, 5.74) is 3.16. The van der Waals surface area contributed by atoms with Gasteiger partial charge >= 0.3 is 0 Å². The molecule has 0 amide bonds. The maximum Gasteiger partial charge on any atom is 0.153 e. The minimum absolute atomic E-state index is 0.0183. The summed E-state index contributed by atoms with van der Waals surface area (Å²) in [6, 6.07) is 8.08. The van der Waals surface area contributed by atoms with E-state index in [1.54, 1.807) is 23.1 Å². The van der Waals surface area contributed by atoms with Crippen molar-refractivity contribution in [2.75, 3.05) is 11.9 Å². The van der Waals surface area contributed by atoms with Crippen molar-refractivity contribution in [3.05, 3.63) is 58.5 Å². The maximum atomic E-state index is 9.79. The van der Waals surface area contributed by atoms with Crippen LogP contribution in [0.2, 0.25) is 0 Å². The number of aromatic nitrogens is 3. The van der Waals surface area contributed by atoms with Crippen molar-refractivity contribution in [3.63, 3.8) is 0 Å². The number of halogens is 1. The fraction of sp³-hybridized carbons (Fsp3) is 0.294. The minimum Gasteiger partial charge on any atom is -0.394 e. The summed E-state index contributed by atoms with van der Waals surface area (Å²) in [7, 11) is 0. The van der Waals surface area contributed by atoms with E-state index in [-0.39, 0.29) is 12.6 Å². The van der Waals surface area contributed by atoms with Gasteiger partial charge in [0.1, 0.15) is 5.52 Å². The molecule has 23 heavy (non-hydrogen) atoms. The van der Waals surface area contributed by atoms with Crippen LogP contribution in [0.15, 0.2) is 47.3 Å². The van der Waals surface area contributed by atoms with Gasteiger partial charge in [-0.15, -0.1) is 0 Å². The largest absolute Gasteiger partial charge is 0.394 e. The van der Waals surface area contributed by atoms with Crippen molar-refractivity contribution < 1.29 is 5.11 Å². The number of rotatable bonds is 5. The Labute approximate surface area is 143 Å². The van der Waals surface area contributed by atoms with Gasteiger partial charge in [-0.3, -0.25) is 0 Å². The Morgan fingerprint density at radius 2 is 1.91 bits per heavy atom. The number of aliphatic hydroxyl groups excluding tert-OH is 1. The number of aliphatic hydroxyl groups is 1. The summed E-state index contributed by atoms with van der Waals surface area (Å²) >= 11 is 3.49. The SMILES string of the molecule is CC(C)c1ccc(C(CO)Nc2nccn3ncc(Br)c23)cc1. The van der Waals surface area contributed by atoms with Crippen LogP contribution in [0.3, 0.4) is 0 Å². The quantitative estimate of drug-likeness (QED) is 0.713. The summed E-state index contributed by atoms with van der Waals surface area (Å²) in [4.78, 5) is 4.39. The molecule has 0 bridgehead atoms. The van der Waals surface area contributed by atoms with Crippen LogP contribution in [0.1, 0.15) is 36.9 Å². The second-order valence-electron chi connectivity index (χ2n) is 5.76. The fourth-order valence-electron chi connectivity index (χ4n) is 2.53. The molecule has 0 saturated heterocycles. The van der Waals surface area contributed by atoms with Gasteiger partial charge in [0.2, 0.25) is 0 Å².